The van der Waals surface area contributed by atoms with Crippen LogP contribution in [0.5, 0.6) is 0 Å². The first kappa shape index (κ1) is 17.6. The first-order chi connectivity index (χ1) is 12.5. The second-order valence-corrected chi connectivity index (χ2v) is 6.41. The number of hydrogen-bond donors (Lipinski definition) is 2. The topological polar surface area (TPSA) is 80.3 Å². The van der Waals surface area contributed by atoms with Gasteiger partial charge in [0.05, 0.1) is 18.4 Å². The molecule has 0 aliphatic heterocycles. The Labute approximate surface area is 154 Å². The van der Waals surface area contributed by atoms with E-state index in [1.807, 2.05) is 36.6 Å². The number of thiazole rings is 1. The molecule has 2 aromatic carbocycles. The lowest BCUT2D eigenvalue weighted by Crippen LogP contribution is -2.19. The molecule has 1 heterocycles. The van der Waals surface area contributed by atoms with Crippen LogP contribution in [-0.4, -0.2) is 24.1 Å². The lowest BCUT2D eigenvalue weighted by Gasteiger charge is -2.05. The van der Waals surface area contributed by atoms with Gasteiger partial charge in [0.1, 0.15) is 0 Å². The number of esters is 1. The van der Waals surface area contributed by atoms with Crippen LogP contribution in [0.2, 0.25) is 0 Å². The molecule has 0 aliphatic carbocycles. The molecule has 132 valence electrons. The molecule has 0 saturated carbocycles. The van der Waals surface area contributed by atoms with E-state index >= 15 is 0 Å². The fraction of sp³-hybridized carbons (Fsp3) is 0.105. The normalized spacial score (nSPS) is 10.2. The number of carbonyl (C=O) groups is 2. The van der Waals surface area contributed by atoms with Gasteiger partial charge in [0.15, 0.2) is 5.13 Å². The molecule has 3 aromatic rings. The molecular weight excluding hydrogens is 350 g/mol. The highest BCUT2D eigenvalue weighted by molar-refractivity contribution is 7.14. The third-order valence-electron chi connectivity index (χ3n) is 3.64. The Kier molecular flexibility index (Phi) is 5.28. The smallest absolute Gasteiger partial charge is 0.337 e. The van der Waals surface area contributed by atoms with Crippen LogP contribution in [0.4, 0.5) is 15.6 Å². The lowest BCUT2D eigenvalue weighted by molar-refractivity contribution is 0.0600. The van der Waals surface area contributed by atoms with E-state index in [1.54, 1.807) is 24.3 Å². The average Bonchev–Trinajstić information content (AvgIpc) is 3.11. The van der Waals surface area contributed by atoms with Crippen LogP contribution in [0.3, 0.4) is 0 Å². The number of aromatic nitrogens is 1. The number of nitrogens with zero attached hydrogens (tertiary/aromatic N) is 1. The Morgan fingerprint density at radius 1 is 1.00 bits per heavy atom. The quantitative estimate of drug-likeness (QED) is 0.663. The second kappa shape index (κ2) is 7.79. The second-order valence-electron chi connectivity index (χ2n) is 5.55. The van der Waals surface area contributed by atoms with E-state index < -0.39 is 0 Å². The van der Waals surface area contributed by atoms with E-state index in [0.29, 0.717) is 16.4 Å². The summed E-state index contributed by atoms with van der Waals surface area (Å²) < 4.78 is 4.68. The number of ether oxygens (including phenoxy) is 1. The Balaban J connectivity index is 1.64. The summed E-state index contributed by atoms with van der Waals surface area (Å²) in [5.74, 6) is -0.384. The first-order valence-electron chi connectivity index (χ1n) is 7.84. The Bertz CT molecular complexity index is 918. The van der Waals surface area contributed by atoms with Crippen molar-refractivity contribution in [2.45, 2.75) is 6.92 Å². The number of amides is 2. The Morgan fingerprint density at radius 3 is 2.35 bits per heavy atom. The summed E-state index contributed by atoms with van der Waals surface area (Å²) in [6.45, 7) is 1.98. The molecule has 0 fully saturated rings. The number of nitrogens with one attached hydrogen (secondary N) is 2. The summed E-state index contributed by atoms with van der Waals surface area (Å²) in [5.41, 5.74) is 3.88. The minimum Gasteiger partial charge on any atom is -0.465 e. The standard InChI is InChI=1S/C19H17N3O3S/c1-12-3-9-15(10-4-12)20-18(24)22-19-21-16(11-26-19)13-5-7-14(8-6-13)17(23)25-2/h3-11H,1-2H3,(H2,20,21,22,24). The van der Waals surface area contributed by atoms with Gasteiger partial charge in [0.25, 0.3) is 0 Å². The summed E-state index contributed by atoms with van der Waals surface area (Å²) >= 11 is 1.33. The summed E-state index contributed by atoms with van der Waals surface area (Å²) in [6.07, 6.45) is 0. The van der Waals surface area contributed by atoms with E-state index in [9.17, 15) is 9.59 Å². The van der Waals surface area contributed by atoms with E-state index in [-0.39, 0.29) is 12.0 Å². The van der Waals surface area contributed by atoms with Gasteiger partial charge >= 0.3 is 12.0 Å². The molecule has 1 aromatic heterocycles. The van der Waals surface area contributed by atoms with Gasteiger partial charge in [-0.15, -0.1) is 11.3 Å². The van der Waals surface area contributed by atoms with E-state index in [1.165, 1.54) is 18.4 Å². The zero-order chi connectivity index (χ0) is 18.5. The number of aryl methyl sites for hydroxylation is 1. The zero-order valence-electron chi connectivity index (χ0n) is 14.3. The molecule has 0 spiro atoms. The number of carbonyl (C=O) groups excluding carboxylic acids is 2. The highest BCUT2D eigenvalue weighted by Crippen LogP contribution is 2.25. The predicted octanol–water partition coefficient (Wildman–Crippen LogP) is 4.55. The van der Waals surface area contributed by atoms with Crippen molar-refractivity contribution in [1.82, 2.24) is 4.98 Å². The van der Waals surface area contributed by atoms with Crippen molar-refractivity contribution in [1.29, 1.82) is 0 Å². The SMILES string of the molecule is COC(=O)c1ccc(-c2csc(NC(=O)Nc3ccc(C)cc3)n2)cc1. The Morgan fingerprint density at radius 2 is 1.69 bits per heavy atom. The summed E-state index contributed by atoms with van der Waals surface area (Å²) in [7, 11) is 1.34. The van der Waals surface area contributed by atoms with E-state index in [4.69, 9.17) is 0 Å². The van der Waals surface area contributed by atoms with Gasteiger partial charge in [-0.2, -0.15) is 0 Å². The molecule has 26 heavy (non-hydrogen) atoms. The van der Waals surface area contributed by atoms with Gasteiger partial charge in [-0.1, -0.05) is 29.8 Å². The third kappa shape index (κ3) is 4.25. The minimum atomic E-state index is -0.384. The van der Waals surface area contributed by atoms with Crippen LogP contribution in [-0.2, 0) is 4.74 Å². The van der Waals surface area contributed by atoms with Gasteiger partial charge < -0.3 is 10.1 Å². The predicted molar refractivity (Wildman–Crippen MR) is 103 cm³/mol. The van der Waals surface area contributed by atoms with Crippen LogP contribution in [0.25, 0.3) is 11.3 Å². The average molecular weight is 367 g/mol. The summed E-state index contributed by atoms with van der Waals surface area (Å²) in [4.78, 5) is 27.9. The molecular formula is C19H17N3O3S. The van der Waals surface area contributed by atoms with Crippen molar-refractivity contribution in [3.8, 4) is 11.3 Å². The van der Waals surface area contributed by atoms with Gasteiger partial charge in [-0.3, -0.25) is 5.32 Å². The van der Waals surface area contributed by atoms with Crippen molar-refractivity contribution >= 4 is 34.2 Å². The third-order valence-corrected chi connectivity index (χ3v) is 4.39. The van der Waals surface area contributed by atoms with Gasteiger partial charge in [-0.25, -0.2) is 14.6 Å². The molecule has 2 N–H and O–H groups in total. The molecule has 0 atom stereocenters. The number of methoxy groups -OCH3 is 1. The minimum absolute atomic E-state index is 0.351. The maximum atomic E-state index is 12.1. The molecule has 0 radical (unpaired) electrons. The zero-order valence-corrected chi connectivity index (χ0v) is 15.1. The molecule has 3 rings (SSSR count). The lowest BCUT2D eigenvalue weighted by atomic mass is 10.1. The monoisotopic (exact) mass is 367 g/mol. The molecule has 7 heteroatoms. The van der Waals surface area contributed by atoms with Crippen molar-refractivity contribution in [3.63, 3.8) is 0 Å². The maximum Gasteiger partial charge on any atom is 0.337 e. The maximum absolute atomic E-state index is 12.1. The van der Waals surface area contributed by atoms with Crippen LogP contribution < -0.4 is 10.6 Å². The molecule has 0 saturated heterocycles. The van der Waals surface area contributed by atoms with Crippen LogP contribution in [0, 0.1) is 6.92 Å². The molecule has 0 bridgehead atoms. The first-order valence-corrected chi connectivity index (χ1v) is 8.72. The molecule has 2 amide bonds. The molecule has 6 nitrogen and oxygen atoms in total. The molecule has 0 unspecified atom stereocenters. The van der Waals surface area contributed by atoms with Crippen molar-refractivity contribution < 1.29 is 14.3 Å². The summed E-state index contributed by atoms with van der Waals surface area (Å²) in [5, 5.41) is 7.80. The van der Waals surface area contributed by atoms with Crippen molar-refractivity contribution in [2.24, 2.45) is 0 Å². The number of hydrogen-bond acceptors (Lipinski definition) is 5. The Hall–Kier alpha value is -3.19. The highest BCUT2D eigenvalue weighted by atomic mass is 32.1. The van der Waals surface area contributed by atoms with Crippen LogP contribution in [0.15, 0.2) is 53.9 Å². The van der Waals surface area contributed by atoms with Gasteiger partial charge in [-0.05, 0) is 31.2 Å². The van der Waals surface area contributed by atoms with Gasteiger partial charge in [0, 0.05) is 16.6 Å². The number of benzene rings is 2. The number of urea groups is 1. The molecule has 0 aliphatic rings. The van der Waals surface area contributed by atoms with E-state index in [0.717, 1.165) is 16.8 Å². The largest absolute Gasteiger partial charge is 0.465 e. The van der Waals surface area contributed by atoms with Crippen molar-refractivity contribution in [3.05, 3.63) is 65.0 Å². The van der Waals surface area contributed by atoms with Crippen LogP contribution in [0.1, 0.15) is 15.9 Å². The van der Waals surface area contributed by atoms with Crippen molar-refractivity contribution in [2.75, 3.05) is 17.7 Å². The van der Waals surface area contributed by atoms with E-state index in [2.05, 4.69) is 20.4 Å². The fourth-order valence-electron chi connectivity index (χ4n) is 2.26. The van der Waals surface area contributed by atoms with Gasteiger partial charge in [0.2, 0.25) is 0 Å². The summed E-state index contributed by atoms with van der Waals surface area (Å²) in [6, 6.07) is 14.1. The number of anilines is 2. The highest BCUT2D eigenvalue weighted by Gasteiger charge is 2.10. The number of rotatable bonds is 4. The van der Waals surface area contributed by atoms with Crippen LogP contribution >= 0.6 is 11.3 Å². The fourth-order valence-corrected chi connectivity index (χ4v) is 2.97.